The smallest absolute Gasteiger partial charge is 0.392 e. The highest BCUT2D eigenvalue weighted by Gasteiger charge is 2.33. The topological polar surface area (TPSA) is 20.2 Å². The zero-order valence-corrected chi connectivity index (χ0v) is 7.55. The fourth-order valence-electron chi connectivity index (χ4n) is 1.10. The predicted molar refractivity (Wildman–Crippen MR) is 47.5 cm³/mol. The van der Waals surface area contributed by atoms with Crippen molar-refractivity contribution in [3.05, 3.63) is 41.2 Å². The lowest BCUT2D eigenvalue weighted by Crippen LogP contribution is -2.07. The molecular formula is C10H8F4O. The van der Waals surface area contributed by atoms with Gasteiger partial charge in [0.2, 0.25) is 0 Å². The highest BCUT2D eigenvalue weighted by atomic mass is 19.4. The lowest BCUT2D eigenvalue weighted by atomic mass is 10.1. The second kappa shape index (κ2) is 4.44. The van der Waals surface area contributed by atoms with Crippen LogP contribution in [0.4, 0.5) is 17.6 Å². The Morgan fingerprint density at radius 1 is 1.27 bits per heavy atom. The lowest BCUT2D eigenvalue weighted by molar-refractivity contribution is -0.137. The minimum Gasteiger partial charge on any atom is -0.392 e. The van der Waals surface area contributed by atoms with E-state index < -0.39 is 17.6 Å². The number of rotatable bonds is 2. The molecule has 0 aromatic heterocycles. The monoisotopic (exact) mass is 220 g/mol. The van der Waals surface area contributed by atoms with Crippen LogP contribution in [-0.2, 0) is 6.18 Å². The van der Waals surface area contributed by atoms with Gasteiger partial charge in [0, 0.05) is 0 Å². The molecule has 0 amide bonds. The van der Waals surface area contributed by atoms with E-state index in [1.807, 2.05) is 0 Å². The number of aliphatic hydroxyl groups excluding tert-OH is 1. The highest BCUT2D eigenvalue weighted by Crippen LogP contribution is 2.33. The molecule has 0 aliphatic heterocycles. The van der Waals surface area contributed by atoms with Crippen LogP contribution in [0.3, 0.4) is 0 Å². The fraction of sp³-hybridized carbons (Fsp3) is 0.200. The Morgan fingerprint density at radius 2 is 1.93 bits per heavy atom. The molecule has 15 heavy (non-hydrogen) atoms. The summed E-state index contributed by atoms with van der Waals surface area (Å²) in [5.74, 6) is -0.941. The van der Waals surface area contributed by atoms with Crippen molar-refractivity contribution in [1.29, 1.82) is 0 Å². The van der Waals surface area contributed by atoms with Gasteiger partial charge in [0.05, 0.1) is 12.2 Å². The molecule has 0 unspecified atom stereocenters. The van der Waals surface area contributed by atoms with Crippen molar-refractivity contribution in [2.24, 2.45) is 0 Å². The van der Waals surface area contributed by atoms with Crippen LogP contribution in [0.5, 0.6) is 0 Å². The molecular weight excluding hydrogens is 212 g/mol. The van der Waals surface area contributed by atoms with Crippen LogP contribution in [-0.4, -0.2) is 11.7 Å². The lowest BCUT2D eigenvalue weighted by Gasteiger charge is -2.09. The first kappa shape index (κ1) is 11.7. The predicted octanol–water partition coefficient (Wildman–Crippen LogP) is 2.85. The van der Waals surface area contributed by atoms with Crippen LogP contribution in [0.25, 0.3) is 6.08 Å². The molecule has 1 nitrogen and oxygen atoms in total. The van der Waals surface area contributed by atoms with Crippen LogP contribution in [0.2, 0.25) is 0 Å². The van der Waals surface area contributed by atoms with E-state index in [1.165, 1.54) is 0 Å². The first-order valence-corrected chi connectivity index (χ1v) is 4.09. The molecule has 0 saturated heterocycles. The Morgan fingerprint density at radius 3 is 2.47 bits per heavy atom. The zero-order chi connectivity index (χ0) is 11.5. The maximum atomic E-state index is 12.6. The van der Waals surface area contributed by atoms with Gasteiger partial charge in [0.1, 0.15) is 5.82 Å². The van der Waals surface area contributed by atoms with Crippen molar-refractivity contribution >= 4 is 6.08 Å². The molecule has 0 heterocycles. The van der Waals surface area contributed by atoms with E-state index in [4.69, 9.17) is 5.11 Å². The molecule has 82 valence electrons. The first-order valence-electron chi connectivity index (χ1n) is 4.09. The van der Waals surface area contributed by atoms with Gasteiger partial charge >= 0.3 is 6.18 Å². The van der Waals surface area contributed by atoms with E-state index in [2.05, 4.69) is 0 Å². The van der Waals surface area contributed by atoms with Gasteiger partial charge in [-0.25, -0.2) is 4.39 Å². The van der Waals surface area contributed by atoms with E-state index in [9.17, 15) is 17.6 Å². The van der Waals surface area contributed by atoms with E-state index in [-0.39, 0.29) is 12.2 Å². The van der Waals surface area contributed by atoms with Crippen LogP contribution in [0.1, 0.15) is 11.1 Å². The van der Waals surface area contributed by atoms with Crippen LogP contribution in [0, 0.1) is 5.82 Å². The molecule has 1 rings (SSSR count). The Labute approximate surface area is 83.7 Å². The van der Waals surface area contributed by atoms with Gasteiger partial charge in [-0.15, -0.1) is 0 Å². The largest absolute Gasteiger partial charge is 0.417 e. The van der Waals surface area contributed by atoms with Gasteiger partial charge in [-0.3, -0.25) is 0 Å². The number of benzene rings is 1. The summed E-state index contributed by atoms with van der Waals surface area (Å²) >= 11 is 0. The molecule has 0 spiro atoms. The van der Waals surface area contributed by atoms with E-state index >= 15 is 0 Å². The summed E-state index contributed by atoms with van der Waals surface area (Å²) < 4.78 is 49.8. The minimum atomic E-state index is -4.60. The molecule has 0 fully saturated rings. The molecule has 0 radical (unpaired) electrons. The molecule has 1 aromatic carbocycles. The summed E-state index contributed by atoms with van der Waals surface area (Å²) in [6.07, 6.45) is -2.35. The maximum absolute atomic E-state index is 12.6. The first-order chi connectivity index (χ1) is 6.95. The third-order valence-corrected chi connectivity index (χ3v) is 1.72. The Kier molecular flexibility index (Phi) is 3.47. The standard InChI is InChI=1S/C10H8F4O/c11-8-4-3-7(2-1-5-15)9(6-8)10(12,13)14/h1-4,6,15H,5H2/b2-1+. The summed E-state index contributed by atoms with van der Waals surface area (Å²) in [5, 5.41) is 8.43. The van der Waals surface area contributed by atoms with Crippen LogP contribution in [0.15, 0.2) is 24.3 Å². The van der Waals surface area contributed by atoms with Gasteiger partial charge in [0.25, 0.3) is 0 Å². The normalized spacial score (nSPS) is 12.3. The van der Waals surface area contributed by atoms with Gasteiger partial charge in [0.15, 0.2) is 0 Å². The number of hydrogen-bond donors (Lipinski definition) is 1. The SMILES string of the molecule is OC/C=C/c1ccc(F)cc1C(F)(F)F. The van der Waals surface area contributed by atoms with Gasteiger partial charge < -0.3 is 5.11 Å². The molecule has 1 N–H and O–H groups in total. The quantitative estimate of drug-likeness (QED) is 0.760. The summed E-state index contributed by atoms with van der Waals surface area (Å²) in [6.45, 7) is -0.366. The average Bonchev–Trinajstić information content (AvgIpc) is 2.14. The second-order valence-electron chi connectivity index (χ2n) is 2.81. The zero-order valence-electron chi connectivity index (χ0n) is 7.55. The summed E-state index contributed by atoms with van der Waals surface area (Å²) in [5.41, 5.74) is -1.22. The maximum Gasteiger partial charge on any atom is 0.417 e. The minimum absolute atomic E-state index is 0.169. The Bertz CT molecular complexity index is 368. The molecule has 0 aliphatic rings. The molecule has 0 bridgehead atoms. The van der Waals surface area contributed by atoms with Crippen LogP contribution >= 0.6 is 0 Å². The van der Waals surface area contributed by atoms with E-state index in [0.29, 0.717) is 6.07 Å². The number of halogens is 4. The third-order valence-electron chi connectivity index (χ3n) is 1.72. The Balaban J connectivity index is 3.21. The summed E-state index contributed by atoms with van der Waals surface area (Å²) in [4.78, 5) is 0. The Hall–Kier alpha value is -1.36. The van der Waals surface area contributed by atoms with Crippen molar-refractivity contribution in [3.8, 4) is 0 Å². The summed E-state index contributed by atoms with van der Waals surface area (Å²) in [7, 11) is 0. The average molecular weight is 220 g/mol. The molecule has 5 heteroatoms. The third kappa shape index (κ3) is 3.06. The number of hydrogen-bond acceptors (Lipinski definition) is 1. The van der Waals surface area contributed by atoms with Gasteiger partial charge in [-0.2, -0.15) is 13.2 Å². The van der Waals surface area contributed by atoms with E-state index in [1.54, 1.807) is 0 Å². The molecule has 1 aromatic rings. The summed E-state index contributed by atoms with van der Waals surface area (Å²) in [6, 6.07) is 2.38. The fourth-order valence-corrected chi connectivity index (χ4v) is 1.10. The van der Waals surface area contributed by atoms with Crippen molar-refractivity contribution < 1.29 is 22.7 Å². The van der Waals surface area contributed by atoms with Crippen LogP contribution < -0.4 is 0 Å². The van der Waals surface area contributed by atoms with Gasteiger partial charge in [-0.05, 0) is 17.7 Å². The van der Waals surface area contributed by atoms with Crippen molar-refractivity contribution in [1.82, 2.24) is 0 Å². The second-order valence-corrected chi connectivity index (χ2v) is 2.81. The van der Waals surface area contributed by atoms with Crippen molar-refractivity contribution in [3.63, 3.8) is 0 Å². The molecule has 0 saturated carbocycles. The van der Waals surface area contributed by atoms with Crippen molar-refractivity contribution in [2.75, 3.05) is 6.61 Å². The van der Waals surface area contributed by atoms with Gasteiger partial charge in [-0.1, -0.05) is 18.2 Å². The van der Waals surface area contributed by atoms with E-state index in [0.717, 1.165) is 24.3 Å². The van der Waals surface area contributed by atoms with Crippen molar-refractivity contribution in [2.45, 2.75) is 6.18 Å². The molecule has 0 aliphatic carbocycles. The number of alkyl halides is 3. The highest BCUT2D eigenvalue weighted by molar-refractivity contribution is 5.54. The molecule has 0 atom stereocenters. The number of aliphatic hydroxyl groups is 1.